The fourth-order valence-corrected chi connectivity index (χ4v) is 14.1. The first-order chi connectivity index (χ1) is 29.5. The van der Waals surface area contributed by atoms with Gasteiger partial charge in [-0.3, -0.25) is 0 Å². The SMILES string of the molecule is C[Si]1(C)c2ccccc2-c2ccc(N(c3ccc(-c4ccc(-c5ccc6c(c5)c5ccccc5n6-c5ccccc5)cc4)cc3)c3cccc4c3sc3ccccc34)cc21. The highest BCUT2D eigenvalue weighted by Gasteiger charge is 2.37. The molecule has 0 saturated heterocycles. The zero-order chi connectivity index (χ0) is 40.0. The van der Waals surface area contributed by atoms with E-state index in [0.29, 0.717) is 0 Å². The Hall–Kier alpha value is -6.98. The average molecular weight is 801 g/mol. The number of nitrogens with zero attached hydrogens (tertiary/aromatic N) is 2. The molecular formula is C56H40N2SSi. The molecule has 9 aromatic carbocycles. The lowest BCUT2D eigenvalue weighted by Crippen LogP contribution is -2.49. The van der Waals surface area contributed by atoms with Gasteiger partial charge in [0.2, 0.25) is 0 Å². The Morgan fingerprint density at radius 1 is 0.417 bits per heavy atom. The lowest BCUT2D eigenvalue weighted by molar-refractivity contribution is 1.18. The van der Waals surface area contributed by atoms with Gasteiger partial charge in [0.15, 0.2) is 0 Å². The molecule has 2 nitrogen and oxygen atoms in total. The second-order valence-corrected chi connectivity index (χ2v) is 21.9. The van der Waals surface area contributed by atoms with Crippen LogP contribution in [0.3, 0.4) is 0 Å². The zero-order valence-corrected chi connectivity index (χ0v) is 35.2. The number of benzene rings is 9. The average Bonchev–Trinajstić information content (AvgIpc) is 3.93. The fourth-order valence-electron chi connectivity index (χ4n) is 9.83. The molecular weight excluding hydrogens is 761 g/mol. The molecule has 0 unspecified atom stereocenters. The summed E-state index contributed by atoms with van der Waals surface area (Å²) in [6, 6.07) is 76.4. The van der Waals surface area contributed by atoms with Gasteiger partial charge in [-0.2, -0.15) is 0 Å². The van der Waals surface area contributed by atoms with Crippen molar-refractivity contribution in [3.63, 3.8) is 0 Å². The minimum Gasteiger partial charge on any atom is -0.309 e. The predicted molar refractivity (Wildman–Crippen MR) is 261 cm³/mol. The van der Waals surface area contributed by atoms with E-state index in [2.05, 4.69) is 229 Å². The molecule has 0 amide bonds. The Kier molecular flexibility index (Phi) is 7.90. The van der Waals surface area contributed by atoms with Crippen LogP contribution in [0.4, 0.5) is 17.1 Å². The normalized spacial score (nSPS) is 13.0. The molecule has 0 saturated carbocycles. The van der Waals surface area contributed by atoms with Crippen molar-refractivity contribution in [2.75, 3.05) is 4.90 Å². The third kappa shape index (κ3) is 5.38. The Balaban J connectivity index is 0.923. The van der Waals surface area contributed by atoms with Crippen molar-refractivity contribution in [1.29, 1.82) is 0 Å². The first kappa shape index (κ1) is 35.0. The van der Waals surface area contributed by atoms with Crippen molar-refractivity contribution in [2.45, 2.75) is 13.1 Å². The summed E-state index contributed by atoms with van der Waals surface area (Å²) < 4.78 is 4.99. The van der Waals surface area contributed by atoms with Crippen molar-refractivity contribution >= 4 is 88.8 Å². The molecule has 12 rings (SSSR count). The molecule has 0 aliphatic carbocycles. The van der Waals surface area contributed by atoms with E-state index in [-0.39, 0.29) is 0 Å². The van der Waals surface area contributed by atoms with Gasteiger partial charge in [-0.25, -0.2) is 0 Å². The second kappa shape index (κ2) is 13.5. The quantitative estimate of drug-likeness (QED) is 0.152. The van der Waals surface area contributed by atoms with E-state index in [1.54, 1.807) is 0 Å². The third-order valence-electron chi connectivity index (χ3n) is 12.8. The number of rotatable bonds is 6. The summed E-state index contributed by atoms with van der Waals surface area (Å²) >= 11 is 1.89. The third-order valence-corrected chi connectivity index (χ3v) is 17.6. The van der Waals surface area contributed by atoms with Crippen LogP contribution in [0.1, 0.15) is 0 Å². The topological polar surface area (TPSA) is 8.17 Å². The van der Waals surface area contributed by atoms with Crippen molar-refractivity contribution in [2.24, 2.45) is 0 Å². The van der Waals surface area contributed by atoms with Gasteiger partial charge in [0.25, 0.3) is 0 Å². The molecule has 284 valence electrons. The number of fused-ring (bicyclic) bond motifs is 9. The molecule has 60 heavy (non-hydrogen) atoms. The summed E-state index contributed by atoms with van der Waals surface area (Å²) in [7, 11) is -1.89. The highest BCUT2D eigenvalue weighted by molar-refractivity contribution is 7.26. The fraction of sp³-hybridized carbons (Fsp3) is 0.0357. The number of aromatic nitrogens is 1. The maximum Gasteiger partial charge on any atom is 0.113 e. The van der Waals surface area contributed by atoms with E-state index in [9.17, 15) is 0 Å². The van der Waals surface area contributed by atoms with Crippen LogP contribution < -0.4 is 15.3 Å². The van der Waals surface area contributed by atoms with Gasteiger partial charge in [0, 0.05) is 43.3 Å². The zero-order valence-electron chi connectivity index (χ0n) is 33.4. The van der Waals surface area contributed by atoms with Gasteiger partial charge < -0.3 is 9.47 Å². The van der Waals surface area contributed by atoms with E-state index in [4.69, 9.17) is 0 Å². The second-order valence-electron chi connectivity index (χ2n) is 16.5. The van der Waals surface area contributed by atoms with E-state index in [1.165, 1.54) is 103 Å². The van der Waals surface area contributed by atoms with Crippen LogP contribution in [0.5, 0.6) is 0 Å². The summed E-state index contributed by atoms with van der Waals surface area (Å²) in [4.78, 5) is 2.49. The van der Waals surface area contributed by atoms with Crippen LogP contribution in [0, 0.1) is 0 Å². The van der Waals surface area contributed by atoms with Crippen molar-refractivity contribution in [3.8, 4) is 39.1 Å². The van der Waals surface area contributed by atoms with Gasteiger partial charge in [-0.15, -0.1) is 11.3 Å². The van der Waals surface area contributed by atoms with Gasteiger partial charge in [0.1, 0.15) is 8.07 Å². The summed E-state index contributed by atoms with van der Waals surface area (Å²) in [5.74, 6) is 0. The Morgan fingerprint density at radius 2 is 1.02 bits per heavy atom. The van der Waals surface area contributed by atoms with Gasteiger partial charge in [0.05, 0.1) is 21.4 Å². The Labute approximate surface area is 354 Å². The van der Waals surface area contributed by atoms with Crippen molar-refractivity contribution in [3.05, 3.63) is 206 Å². The monoisotopic (exact) mass is 800 g/mol. The van der Waals surface area contributed by atoms with Gasteiger partial charge >= 0.3 is 0 Å². The number of hydrogen-bond acceptors (Lipinski definition) is 2. The minimum atomic E-state index is -1.89. The first-order valence-electron chi connectivity index (χ1n) is 20.8. The molecule has 4 heteroatoms. The standard InChI is InChI=1S/C56H40N2SSi/c1-60(2)54-22-11-8-17-46(54)47-33-32-43(36-55(47)60)57(52-20-12-18-48-45-16-7-10-21-53(45)59-56(48)52)42-30-27-38(28-31-42)37-23-25-39(26-24-37)40-29-34-51-49(35-40)44-15-6-9-19-50(44)58(51)41-13-4-3-5-14-41/h3-36H,1-2H3. The molecule has 0 fully saturated rings. The number of thiophene rings is 1. The molecule has 11 aromatic rings. The highest BCUT2D eigenvalue weighted by atomic mass is 32.1. The molecule has 0 radical (unpaired) electrons. The summed E-state index contributed by atoms with van der Waals surface area (Å²) in [5, 5.41) is 8.19. The molecule has 0 atom stereocenters. The van der Waals surface area contributed by atoms with Crippen LogP contribution in [-0.2, 0) is 0 Å². The van der Waals surface area contributed by atoms with Crippen molar-refractivity contribution in [1.82, 2.24) is 4.57 Å². The number of anilines is 3. The first-order valence-corrected chi connectivity index (χ1v) is 24.6. The highest BCUT2D eigenvalue weighted by Crippen LogP contribution is 2.46. The van der Waals surface area contributed by atoms with E-state index in [1.807, 2.05) is 11.3 Å². The molecule has 2 aromatic heterocycles. The van der Waals surface area contributed by atoms with Gasteiger partial charge in [-0.05, 0) is 110 Å². The van der Waals surface area contributed by atoms with Crippen LogP contribution in [0.25, 0.3) is 81.0 Å². The Morgan fingerprint density at radius 3 is 1.83 bits per heavy atom. The molecule has 0 bridgehead atoms. The Bertz CT molecular complexity index is 3450. The molecule has 1 aliphatic rings. The largest absolute Gasteiger partial charge is 0.309 e. The van der Waals surface area contributed by atoms with Crippen LogP contribution >= 0.6 is 11.3 Å². The molecule has 0 N–H and O–H groups in total. The van der Waals surface area contributed by atoms with E-state index >= 15 is 0 Å². The minimum absolute atomic E-state index is 1.15. The predicted octanol–water partition coefficient (Wildman–Crippen LogP) is 14.8. The lowest BCUT2D eigenvalue weighted by atomic mass is 9.98. The smallest absolute Gasteiger partial charge is 0.113 e. The summed E-state index contributed by atoms with van der Waals surface area (Å²) in [5.41, 5.74) is 14.8. The van der Waals surface area contributed by atoms with Gasteiger partial charge in [-0.1, -0.05) is 153 Å². The number of para-hydroxylation sites is 2. The van der Waals surface area contributed by atoms with Crippen LogP contribution in [-0.4, -0.2) is 12.6 Å². The summed E-state index contributed by atoms with van der Waals surface area (Å²) in [6.45, 7) is 5.00. The number of hydrogen-bond donors (Lipinski definition) is 0. The molecule has 0 spiro atoms. The lowest BCUT2D eigenvalue weighted by Gasteiger charge is -2.28. The van der Waals surface area contributed by atoms with Crippen LogP contribution in [0.15, 0.2) is 206 Å². The molecule has 3 heterocycles. The van der Waals surface area contributed by atoms with E-state index < -0.39 is 8.07 Å². The van der Waals surface area contributed by atoms with Crippen molar-refractivity contribution < 1.29 is 0 Å². The van der Waals surface area contributed by atoms with Crippen LogP contribution in [0.2, 0.25) is 13.1 Å². The molecule has 1 aliphatic heterocycles. The summed E-state index contributed by atoms with van der Waals surface area (Å²) in [6.07, 6.45) is 0. The van der Waals surface area contributed by atoms with E-state index in [0.717, 1.165) is 5.69 Å². The maximum absolute atomic E-state index is 2.50. The maximum atomic E-state index is 2.50.